The summed E-state index contributed by atoms with van der Waals surface area (Å²) >= 11 is 0. The lowest BCUT2D eigenvalue weighted by Crippen LogP contribution is -2.27. The molecule has 0 atom stereocenters. The van der Waals surface area contributed by atoms with E-state index in [9.17, 15) is 4.79 Å². The first-order valence-corrected chi connectivity index (χ1v) is 5.76. The van der Waals surface area contributed by atoms with Crippen LogP contribution in [0.25, 0.3) is 0 Å². The quantitative estimate of drug-likeness (QED) is 0.912. The van der Waals surface area contributed by atoms with Crippen LogP contribution in [0.2, 0.25) is 0 Å². The summed E-state index contributed by atoms with van der Waals surface area (Å²) in [5.41, 5.74) is 6.79. The number of rotatable bonds is 3. The van der Waals surface area contributed by atoms with Gasteiger partial charge in [0.15, 0.2) is 5.82 Å². The van der Waals surface area contributed by atoms with E-state index in [0.717, 1.165) is 0 Å². The third-order valence-corrected chi connectivity index (χ3v) is 2.76. The summed E-state index contributed by atoms with van der Waals surface area (Å²) in [4.78, 5) is 17.9. The van der Waals surface area contributed by atoms with Gasteiger partial charge in [-0.1, -0.05) is 6.07 Å². The fourth-order valence-electron chi connectivity index (χ4n) is 1.74. The van der Waals surface area contributed by atoms with Gasteiger partial charge >= 0.3 is 0 Å². The summed E-state index contributed by atoms with van der Waals surface area (Å²) in [6.45, 7) is 0. The number of hydrogen-bond acceptors (Lipinski definition) is 4. The maximum Gasteiger partial charge on any atom is 0.259 e. The Kier molecular flexibility index (Phi) is 3.66. The second-order valence-electron chi connectivity index (χ2n) is 4.01. The fourth-order valence-corrected chi connectivity index (χ4v) is 1.74. The summed E-state index contributed by atoms with van der Waals surface area (Å²) in [5.74, 6) is 0.882. The first kappa shape index (κ1) is 12.9. The van der Waals surface area contributed by atoms with E-state index < -0.39 is 0 Å². The van der Waals surface area contributed by atoms with Crippen molar-refractivity contribution < 1.29 is 9.53 Å². The number of nitrogen functional groups attached to an aromatic ring is 1. The largest absolute Gasteiger partial charge is 0.497 e. The molecule has 0 aliphatic rings. The average Bonchev–Trinajstić information content (AvgIpc) is 2.46. The number of nitrogens with two attached hydrogens (primary N) is 1. The Morgan fingerprint density at radius 1 is 1.32 bits per heavy atom. The molecule has 0 radical (unpaired) electrons. The van der Waals surface area contributed by atoms with Gasteiger partial charge in [-0.3, -0.25) is 9.69 Å². The molecule has 2 aromatic rings. The molecule has 0 bridgehead atoms. The van der Waals surface area contributed by atoms with Crippen LogP contribution in [-0.2, 0) is 0 Å². The van der Waals surface area contributed by atoms with Crippen molar-refractivity contribution in [3.8, 4) is 5.75 Å². The highest BCUT2D eigenvalue weighted by Gasteiger charge is 2.16. The number of ether oxygens (including phenoxy) is 1. The van der Waals surface area contributed by atoms with Crippen LogP contribution in [0.5, 0.6) is 5.75 Å². The molecule has 98 valence electrons. The van der Waals surface area contributed by atoms with Gasteiger partial charge in [-0.15, -0.1) is 0 Å². The molecule has 0 aliphatic carbocycles. The Morgan fingerprint density at radius 2 is 2.11 bits per heavy atom. The van der Waals surface area contributed by atoms with Crippen molar-refractivity contribution in [2.45, 2.75) is 0 Å². The Morgan fingerprint density at radius 3 is 2.79 bits per heavy atom. The van der Waals surface area contributed by atoms with Crippen LogP contribution in [0.1, 0.15) is 10.4 Å². The Bertz CT molecular complexity index is 599. The highest BCUT2D eigenvalue weighted by Crippen LogP contribution is 2.21. The van der Waals surface area contributed by atoms with Crippen molar-refractivity contribution in [1.29, 1.82) is 0 Å². The minimum absolute atomic E-state index is 0.190. The predicted molar refractivity (Wildman–Crippen MR) is 74.4 cm³/mol. The summed E-state index contributed by atoms with van der Waals surface area (Å²) in [6, 6.07) is 10.4. The number of hydrogen-bond donors (Lipinski definition) is 1. The van der Waals surface area contributed by atoms with Crippen LogP contribution in [-0.4, -0.2) is 25.0 Å². The fraction of sp³-hybridized carbons (Fsp3) is 0.143. The van der Waals surface area contributed by atoms with Crippen LogP contribution in [0.15, 0.2) is 42.6 Å². The van der Waals surface area contributed by atoms with Gasteiger partial charge in [-0.25, -0.2) is 4.98 Å². The maximum absolute atomic E-state index is 12.3. The molecule has 2 rings (SSSR count). The van der Waals surface area contributed by atoms with E-state index in [1.165, 1.54) is 4.90 Å². The number of anilines is 2. The van der Waals surface area contributed by atoms with Crippen LogP contribution < -0.4 is 15.4 Å². The standard InChI is InChI=1S/C14H15N3O2/c1-17(13-12(15)7-4-8-16-13)14(18)10-5-3-6-11(9-10)19-2/h3-9H,15H2,1-2H3. The van der Waals surface area contributed by atoms with Crippen LogP contribution >= 0.6 is 0 Å². The number of amides is 1. The van der Waals surface area contributed by atoms with Crippen molar-refractivity contribution >= 4 is 17.4 Å². The minimum Gasteiger partial charge on any atom is -0.497 e. The van der Waals surface area contributed by atoms with Gasteiger partial charge in [0.25, 0.3) is 5.91 Å². The molecular weight excluding hydrogens is 242 g/mol. The SMILES string of the molecule is COc1cccc(C(=O)N(C)c2ncccc2N)c1. The first-order chi connectivity index (χ1) is 9.13. The van der Waals surface area contributed by atoms with Gasteiger partial charge in [-0.2, -0.15) is 0 Å². The molecule has 1 aromatic heterocycles. The van der Waals surface area contributed by atoms with Gasteiger partial charge in [-0.05, 0) is 30.3 Å². The number of benzene rings is 1. The van der Waals surface area contributed by atoms with Crippen LogP contribution in [0, 0.1) is 0 Å². The lowest BCUT2D eigenvalue weighted by atomic mass is 10.2. The summed E-state index contributed by atoms with van der Waals surface area (Å²) in [7, 11) is 3.20. The number of methoxy groups -OCH3 is 1. The second kappa shape index (κ2) is 5.39. The van der Waals surface area contributed by atoms with E-state index in [2.05, 4.69) is 4.98 Å². The third kappa shape index (κ3) is 2.65. The molecule has 0 spiro atoms. The molecule has 2 N–H and O–H groups in total. The average molecular weight is 257 g/mol. The molecule has 1 amide bonds. The highest BCUT2D eigenvalue weighted by atomic mass is 16.5. The van der Waals surface area contributed by atoms with Gasteiger partial charge < -0.3 is 10.5 Å². The lowest BCUT2D eigenvalue weighted by molar-refractivity contribution is 0.0992. The molecule has 0 unspecified atom stereocenters. The molecule has 0 saturated carbocycles. The van der Waals surface area contributed by atoms with Crippen molar-refractivity contribution in [3.63, 3.8) is 0 Å². The van der Waals surface area contributed by atoms with Gasteiger partial charge in [0.1, 0.15) is 5.75 Å². The predicted octanol–water partition coefficient (Wildman–Crippen LogP) is 1.95. The monoisotopic (exact) mass is 257 g/mol. The topological polar surface area (TPSA) is 68.5 Å². The summed E-state index contributed by atoms with van der Waals surface area (Å²) < 4.78 is 5.10. The Hall–Kier alpha value is -2.56. The second-order valence-corrected chi connectivity index (χ2v) is 4.01. The van der Waals surface area contributed by atoms with E-state index in [4.69, 9.17) is 10.5 Å². The Balaban J connectivity index is 2.31. The molecular formula is C14H15N3O2. The van der Waals surface area contributed by atoms with Gasteiger partial charge in [0, 0.05) is 18.8 Å². The van der Waals surface area contributed by atoms with Crippen molar-refractivity contribution in [1.82, 2.24) is 4.98 Å². The molecule has 19 heavy (non-hydrogen) atoms. The van der Waals surface area contributed by atoms with Gasteiger partial charge in [0.05, 0.1) is 12.8 Å². The number of nitrogens with zero attached hydrogens (tertiary/aromatic N) is 2. The number of carbonyl (C=O) groups excluding carboxylic acids is 1. The lowest BCUT2D eigenvalue weighted by Gasteiger charge is -2.18. The van der Waals surface area contributed by atoms with Gasteiger partial charge in [0.2, 0.25) is 0 Å². The van der Waals surface area contributed by atoms with E-state index >= 15 is 0 Å². The summed E-state index contributed by atoms with van der Waals surface area (Å²) in [5, 5.41) is 0. The zero-order valence-electron chi connectivity index (χ0n) is 10.8. The van der Waals surface area contributed by atoms with Crippen molar-refractivity contribution in [2.24, 2.45) is 0 Å². The smallest absolute Gasteiger partial charge is 0.259 e. The van der Waals surface area contributed by atoms with Crippen LogP contribution in [0.3, 0.4) is 0 Å². The van der Waals surface area contributed by atoms with E-state index in [0.29, 0.717) is 22.8 Å². The molecule has 1 heterocycles. The van der Waals surface area contributed by atoms with E-state index in [1.807, 2.05) is 0 Å². The van der Waals surface area contributed by atoms with E-state index in [-0.39, 0.29) is 5.91 Å². The molecule has 5 nitrogen and oxygen atoms in total. The normalized spacial score (nSPS) is 10.0. The molecule has 0 saturated heterocycles. The zero-order valence-corrected chi connectivity index (χ0v) is 10.8. The third-order valence-electron chi connectivity index (χ3n) is 2.76. The zero-order chi connectivity index (χ0) is 13.8. The first-order valence-electron chi connectivity index (χ1n) is 5.76. The minimum atomic E-state index is -0.190. The molecule has 5 heteroatoms. The molecule has 0 aliphatic heterocycles. The highest BCUT2D eigenvalue weighted by molar-refractivity contribution is 6.06. The molecule has 1 aromatic carbocycles. The maximum atomic E-state index is 12.3. The van der Waals surface area contributed by atoms with Crippen LogP contribution in [0.4, 0.5) is 11.5 Å². The molecule has 0 fully saturated rings. The van der Waals surface area contributed by atoms with E-state index in [1.54, 1.807) is 56.8 Å². The van der Waals surface area contributed by atoms with Crippen molar-refractivity contribution in [2.75, 3.05) is 24.8 Å². The Labute approximate surface area is 111 Å². The number of carbonyl (C=O) groups is 1. The number of pyridine rings is 1. The number of aromatic nitrogens is 1. The van der Waals surface area contributed by atoms with Crippen molar-refractivity contribution in [3.05, 3.63) is 48.2 Å². The summed E-state index contributed by atoms with van der Waals surface area (Å²) in [6.07, 6.45) is 1.60.